The molecule has 1 aliphatic rings. The summed E-state index contributed by atoms with van der Waals surface area (Å²) in [5.41, 5.74) is 9.40. The number of para-hydroxylation sites is 1. The number of terminal acetylenes is 1. The second-order valence-electron chi connectivity index (χ2n) is 8.57. The van der Waals surface area contributed by atoms with Gasteiger partial charge in [0, 0.05) is 42.2 Å². The Morgan fingerprint density at radius 3 is 2.65 bits per heavy atom. The Morgan fingerprint density at radius 2 is 1.94 bits per heavy atom. The molecule has 0 spiro atoms. The normalized spacial score (nSPS) is 14.7. The predicted octanol–water partition coefficient (Wildman–Crippen LogP) is 6.91. The van der Waals surface area contributed by atoms with Crippen molar-refractivity contribution in [2.45, 2.75) is 40.5 Å². The van der Waals surface area contributed by atoms with Crippen LogP contribution in [0.25, 0.3) is 0 Å². The zero-order chi connectivity index (χ0) is 22.4. The smallest absolute Gasteiger partial charge is 0.0470 e. The molecule has 0 aliphatic heterocycles. The molecule has 0 aromatic heterocycles. The minimum Gasteiger partial charge on any atom is -0.385 e. The lowest BCUT2D eigenvalue weighted by Crippen LogP contribution is -2.33. The number of nitrogens with zero attached hydrogens (tertiary/aromatic N) is 1. The third-order valence-electron chi connectivity index (χ3n) is 5.86. The first-order valence-electron chi connectivity index (χ1n) is 11.1. The Bertz CT molecular complexity index is 1050. The van der Waals surface area contributed by atoms with Crippen molar-refractivity contribution >= 4 is 11.4 Å². The number of allylic oxidation sites excluding steroid dienone is 4. The van der Waals surface area contributed by atoms with Crippen molar-refractivity contribution in [3.05, 3.63) is 94.7 Å². The standard InChI is InChI=1S/C29H34N2/c1-7-25-13-11-14-26(18-25)30-19-22(4)20-31(28-15-10-9-12-23(28)5)29-17-21(3)16-24(6)27(29)8-2/h2,9-16,18,22,30H,3,7,17,19-20H2,1,4-6H3. The van der Waals surface area contributed by atoms with E-state index in [-0.39, 0.29) is 0 Å². The molecule has 1 N–H and O–H groups in total. The molecular formula is C29H34N2. The van der Waals surface area contributed by atoms with Crippen LogP contribution >= 0.6 is 0 Å². The largest absolute Gasteiger partial charge is 0.385 e. The maximum atomic E-state index is 5.96. The summed E-state index contributed by atoms with van der Waals surface area (Å²) in [6.45, 7) is 14.7. The van der Waals surface area contributed by atoms with Crippen molar-refractivity contribution in [1.29, 1.82) is 0 Å². The monoisotopic (exact) mass is 410 g/mol. The number of hydrogen-bond acceptors (Lipinski definition) is 2. The van der Waals surface area contributed by atoms with Gasteiger partial charge in [-0.3, -0.25) is 0 Å². The molecule has 2 aromatic carbocycles. The molecule has 1 atom stereocenters. The summed E-state index contributed by atoms with van der Waals surface area (Å²) in [7, 11) is 0. The van der Waals surface area contributed by atoms with Gasteiger partial charge in [0.15, 0.2) is 0 Å². The molecule has 0 heterocycles. The minimum atomic E-state index is 0.413. The van der Waals surface area contributed by atoms with Crippen LogP contribution in [0.4, 0.5) is 11.4 Å². The van der Waals surface area contributed by atoms with Gasteiger partial charge < -0.3 is 10.2 Å². The first-order valence-corrected chi connectivity index (χ1v) is 11.1. The summed E-state index contributed by atoms with van der Waals surface area (Å²) in [4.78, 5) is 2.42. The molecule has 2 aromatic rings. The van der Waals surface area contributed by atoms with Crippen LogP contribution in [0, 0.1) is 25.2 Å². The molecule has 1 unspecified atom stereocenters. The molecule has 2 nitrogen and oxygen atoms in total. The average Bonchev–Trinajstić information content (AvgIpc) is 2.76. The van der Waals surface area contributed by atoms with Crippen molar-refractivity contribution in [3.63, 3.8) is 0 Å². The lowest BCUT2D eigenvalue weighted by molar-refractivity contribution is 0.603. The van der Waals surface area contributed by atoms with Crippen molar-refractivity contribution in [2.75, 3.05) is 23.3 Å². The van der Waals surface area contributed by atoms with Gasteiger partial charge in [-0.05, 0) is 66.7 Å². The van der Waals surface area contributed by atoms with E-state index < -0.39 is 0 Å². The Hall–Kier alpha value is -3.18. The van der Waals surface area contributed by atoms with Crippen LogP contribution in [0.1, 0.15) is 38.3 Å². The van der Waals surface area contributed by atoms with E-state index in [0.29, 0.717) is 5.92 Å². The lowest BCUT2D eigenvalue weighted by atomic mass is 9.92. The summed E-state index contributed by atoms with van der Waals surface area (Å²) < 4.78 is 0. The summed E-state index contributed by atoms with van der Waals surface area (Å²) in [6.07, 6.45) is 9.90. The van der Waals surface area contributed by atoms with E-state index in [0.717, 1.165) is 42.7 Å². The highest BCUT2D eigenvalue weighted by Crippen LogP contribution is 2.34. The number of benzene rings is 2. The Balaban J connectivity index is 1.87. The number of nitrogens with one attached hydrogen (secondary N) is 1. The van der Waals surface area contributed by atoms with E-state index in [1.54, 1.807) is 0 Å². The van der Waals surface area contributed by atoms with Crippen LogP contribution in [0.3, 0.4) is 0 Å². The topological polar surface area (TPSA) is 15.3 Å². The fourth-order valence-corrected chi connectivity index (χ4v) is 4.18. The van der Waals surface area contributed by atoms with Crippen LogP contribution in [-0.4, -0.2) is 13.1 Å². The maximum Gasteiger partial charge on any atom is 0.0470 e. The first kappa shape index (κ1) is 22.5. The molecule has 31 heavy (non-hydrogen) atoms. The van der Waals surface area contributed by atoms with Gasteiger partial charge in [0.2, 0.25) is 0 Å². The van der Waals surface area contributed by atoms with E-state index in [2.05, 4.69) is 105 Å². The second-order valence-corrected chi connectivity index (χ2v) is 8.57. The van der Waals surface area contributed by atoms with Crippen LogP contribution < -0.4 is 10.2 Å². The van der Waals surface area contributed by atoms with Gasteiger partial charge in [0.1, 0.15) is 0 Å². The van der Waals surface area contributed by atoms with Gasteiger partial charge in [-0.15, -0.1) is 6.42 Å². The zero-order valence-electron chi connectivity index (χ0n) is 19.3. The number of rotatable bonds is 8. The quantitative estimate of drug-likeness (QED) is 0.476. The van der Waals surface area contributed by atoms with E-state index in [1.807, 2.05) is 0 Å². The Labute approximate surface area is 188 Å². The molecule has 0 amide bonds. The molecule has 160 valence electrons. The number of anilines is 2. The fraction of sp³-hybridized carbons (Fsp3) is 0.310. The Morgan fingerprint density at radius 1 is 1.16 bits per heavy atom. The highest BCUT2D eigenvalue weighted by molar-refractivity contribution is 5.65. The molecule has 0 bridgehead atoms. The third kappa shape index (κ3) is 5.50. The second kappa shape index (κ2) is 10.2. The van der Waals surface area contributed by atoms with E-state index >= 15 is 0 Å². The molecule has 1 aliphatic carbocycles. The molecule has 2 heteroatoms. The van der Waals surface area contributed by atoms with Crippen LogP contribution in [0.5, 0.6) is 0 Å². The maximum absolute atomic E-state index is 5.96. The van der Waals surface area contributed by atoms with Crippen LogP contribution in [0.2, 0.25) is 0 Å². The average molecular weight is 411 g/mol. The number of hydrogen-bond donors (Lipinski definition) is 1. The molecule has 0 saturated heterocycles. The summed E-state index contributed by atoms with van der Waals surface area (Å²) in [5.74, 6) is 3.36. The highest BCUT2D eigenvalue weighted by Gasteiger charge is 2.23. The zero-order valence-corrected chi connectivity index (χ0v) is 19.3. The first-order chi connectivity index (χ1) is 14.9. The van der Waals surface area contributed by atoms with Crippen LogP contribution in [0.15, 0.2) is 83.6 Å². The lowest BCUT2D eigenvalue weighted by Gasteiger charge is -2.34. The van der Waals surface area contributed by atoms with Crippen molar-refractivity contribution < 1.29 is 0 Å². The van der Waals surface area contributed by atoms with Gasteiger partial charge in [0.05, 0.1) is 0 Å². The van der Waals surface area contributed by atoms with Gasteiger partial charge in [0.25, 0.3) is 0 Å². The summed E-state index contributed by atoms with van der Waals surface area (Å²) >= 11 is 0. The number of aryl methyl sites for hydroxylation is 2. The Kier molecular flexibility index (Phi) is 7.42. The van der Waals surface area contributed by atoms with Gasteiger partial charge in [-0.2, -0.15) is 0 Å². The molecule has 0 saturated carbocycles. The summed E-state index contributed by atoms with van der Waals surface area (Å²) in [6, 6.07) is 17.2. The highest BCUT2D eigenvalue weighted by atomic mass is 15.2. The molecule has 3 rings (SSSR count). The van der Waals surface area contributed by atoms with Crippen molar-refractivity contribution in [2.24, 2.45) is 5.92 Å². The SMILES string of the molecule is C#CC1=C(N(CC(C)CNc2cccc(CC)c2)c2ccccc2C)CC(=C)C=C1C. The molecule has 0 radical (unpaired) electrons. The predicted molar refractivity (Wildman–Crippen MR) is 135 cm³/mol. The van der Waals surface area contributed by atoms with E-state index in [4.69, 9.17) is 6.42 Å². The molecular weight excluding hydrogens is 376 g/mol. The van der Waals surface area contributed by atoms with Gasteiger partial charge in [-0.25, -0.2) is 0 Å². The van der Waals surface area contributed by atoms with E-state index in [9.17, 15) is 0 Å². The minimum absolute atomic E-state index is 0.413. The van der Waals surface area contributed by atoms with Gasteiger partial charge >= 0.3 is 0 Å². The van der Waals surface area contributed by atoms with E-state index in [1.165, 1.54) is 28.2 Å². The summed E-state index contributed by atoms with van der Waals surface area (Å²) in [5, 5.41) is 3.62. The van der Waals surface area contributed by atoms with Crippen LogP contribution in [-0.2, 0) is 6.42 Å². The van der Waals surface area contributed by atoms with Crippen molar-refractivity contribution in [1.82, 2.24) is 0 Å². The molecule has 0 fully saturated rings. The van der Waals surface area contributed by atoms with Gasteiger partial charge in [-0.1, -0.05) is 62.8 Å². The third-order valence-corrected chi connectivity index (χ3v) is 5.86. The fourth-order valence-electron chi connectivity index (χ4n) is 4.18. The van der Waals surface area contributed by atoms with Crippen molar-refractivity contribution in [3.8, 4) is 12.3 Å².